The number of amides is 1. The molecule has 0 radical (unpaired) electrons. The maximum Gasteiger partial charge on any atom is 0.248 e. The molecule has 2 rings (SSSR count). The Kier molecular flexibility index (Phi) is 2.70. The Hall–Kier alpha value is -2.49. The van der Waals surface area contributed by atoms with Crippen molar-refractivity contribution in [3.63, 3.8) is 0 Å². The van der Waals surface area contributed by atoms with Crippen LogP contribution in [-0.2, 0) is 0 Å². The van der Waals surface area contributed by atoms with Gasteiger partial charge in [-0.2, -0.15) is 0 Å². The summed E-state index contributed by atoms with van der Waals surface area (Å²) in [5, 5.41) is 0. The number of anilines is 2. The fourth-order valence-corrected chi connectivity index (χ4v) is 1.69. The van der Waals surface area contributed by atoms with Gasteiger partial charge in [0.2, 0.25) is 5.91 Å². The van der Waals surface area contributed by atoms with Crippen molar-refractivity contribution in [1.82, 2.24) is 0 Å². The third-order valence-corrected chi connectivity index (χ3v) is 2.53. The fraction of sp³-hybridized carbons (Fsp3) is 0. The van der Waals surface area contributed by atoms with E-state index >= 15 is 0 Å². The van der Waals surface area contributed by atoms with E-state index in [9.17, 15) is 4.79 Å². The fourth-order valence-electron chi connectivity index (χ4n) is 1.69. The molecular weight excluding hydrogens is 214 g/mol. The van der Waals surface area contributed by atoms with Crippen molar-refractivity contribution in [1.29, 1.82) is 0 Å². The average molecular weight is 227 g/mol. The van der Waals surface area contributed by atoms with Gasteiger partial charge in [-0.3, -0.25) is 4.79 Å². The second-order valence-electron chi connectivity index (χ2n) is 3.79. The van der Waals surface area contributed by atoms with E-state index in [1.807, 2.05) is 18.2 Å². The van der Waals surface area contributed by atoms with E-state index in [1.165, 1.54) is 0 Å². The van der Waals surface area contributed by atoms with Crippen LogP contribution in [0.3, 0.4) is 0 Å². The number of nitrogens with two attached hydrogens (primary N) is 3. The second kappa shape index (κ2) is 4.17. The van der Waals surface area contributed by atoms with Crippen LogP contribution in [0.2, 0.25) is 0 Å². The van der Waals surface area contributed by atoms with Crippen molar-refractivity contribution < 1.29 is 4.79 Å². The van der Waals surface area contributed by atoms with Crippen LogP contribution < -0.4 is 17.2 Å². The largest absolute Gasteiger partial charge is 0.399 e. The van der Waals surface area contributed by atoms with Crippen LogP contribution in [0, 0.1) is 0 Å². The summed E-state index contributed by atoms with van der Waals surface area (Å²) in [4.78, 5) is 11.0. The highest BCUT2D eigenvalue weighted by Gasteiger charge is 2.06. The summed E-state index contributed by atoms with van der Waals surface area (Å²) in [7, 11) is 0. The predicted octanol–water partition coefficient (Wildman–Crippen LogP) is 1.62. The van der Waals surface area contributed by atoms with Crippen molar-refractivity contribution in [2.75, 3.05) is 11.5 Å². The van der Waals surface area contributed by atoms with Gasteiger partial charge in [0.1, 0.15) is 0 Å². The van der Waals surface area contributed by atoms with Gasteiger partial charge in [0.05, 0.1) is 0 Å². The summed E-state index contributed by atoms with van der Waals surface area (Å²) in [6, 6.07) is 12.4. The molecule has 1 amide bonds. The number of carbonyl (C=O) groups is 1. The highest BCUT2D eigenvalue weighted by atomic mass is 16.1. The molecule has 2 aromatic carbocycles. The lowest BCUT2D eigenvalue weighted by molar-refractivity contribution is 0.100. The Morgan fingerprint density at radius 3 is 2.35 bits per heavy atom. The van der Waals surface area contributed by atoms with Crippen LogP contribution in [0.15, 0.2) is 42.5 Å². The van der Waals surface area contributed by atoms with Gasteiger partial charge in [0, 0.05) is 22.5 Å². The number of nitrogen functional groups attached to an aromatic ring is 2. The van der Waals surface area contributed by atoms with Gasteiger partial charge >= 0.3 is 0 Å². The summed E-state index contributed by atoms with van der Waals surface area (Å²) in [6.07, 6.45) is 0. The minimum Gasteiger partial charge on any atom is -0.399 e. The van der Waals surface area contributed by atoms with Gasteiger partial charge in [0.15, 0.2) is 0 Å². The maximum atomic E-state index is 11.0. The van der Waals surface area contributed by atoms with E-state index in [1.54, 1.807) is 24.3 Å². The predicted molar refractivity (Wildman–Crippen MR) is 69.2 cm³/mol. The molecule has 0 saturated heterocycles. The van der Waals surface area contributed by atoms with Gasteiger partial charge in [-0.1, -0.05) is 18.2 Å². The van der Waals surface area contributed by atoms with Gasteiger partial charge in [-0.15, -0.1) is 0 Å². The van der Waals surface area contributed by atoms with Crippen molar-refractivity contribution in [3.8, 4) is 11.1 Å². The molecule has 0 fully saturated rings. The molecule has 0 heterocycles. The van der Waals surface area contributed by atoms with E-state index in [2.05, 4.69) is 0 Å². The van der Waals surface area contributed by atoms with Crippen LogP contribution in [0.4, 0.5) is 11.4 Å². The van der Waals surface area contributed by atoms with Crippen molar-refractivity contribution in [2.45, 2.75) is 0 Å². The standard InChI is InChI=1S/C13H13N3O/c14-10-3-1-2-8(6-10)11-5-4-9(13(16)17)7-12(11)15/h1-7H,14-15H2,(H2,16,17). The van der Waals surface area contributed by atoms with Gasteiger partial charge in [0.25, 0.3) is 0 Å². The number of rotatable bonds is 2. The molecule has 0 unspecified atom stereocenters. The van der Waals surface area contributed by atoms with Gasteiger partial charge in [-0.25, -0.2) is 0 Å². The highest BCUT2D eigenvalue weighted by Crippen LogP contribution is 2.27. The Morgan fingerprint density at radius 1 is 1.00 bits per heavy atom. The SMILES string of the molecule is NC(=O)c1ccc(-c2cccc(N)c2)c(N)c1. The molecule has 0 saturated carbocycles. The lowest BCUT2D eigenvalue weighted by atomic mass is 10.0. The monoisotopic (exact) mass is 227 g/mol. The molecule has 0 atom stereocenters. The van der Waals surface area contributed by atoms with Gasteiger partial charge < -0.3 is 17.2 Å². The van der Waals surface area contributed by atoms with E-state index < -0.39 is 5.91 Å². The first-order chi connectivity index (χ1) is 8.08. The Morgan fingerprint density at radius 2 is 1.76 bits per heavy atom. The Bertz CT molecular complexity index is 579. The minimum absolute atomic E-state index is 0.398. The molecular formula is C13H13N3O. The molecule has 0 aliphatic carbocycles. The topological polar surface area (TPSA) is 95.1 Å². The van der Waals surface area contributed by atoms with Gasteiger partial charge in [-0.05, 0) is 29.8 Å². The molecule has 2 aromatic rings. The van der Waals surface area contributed by atoms with E-state index in [-0.39, 0.29) is 0 Å². The van der Waals surface area contributed by atoms with Crippen molar-refractivity contribution >= 4 is 17.3 Å². The molecule has 17 heavy (non-hydrogen) atoms. The average Bonchev–Trinajstić information content (AvgIpc) is 2.28. The maximum absolute atomic E-state index is 11.0. The Balaban J connectivity index is 2.50. The van der Waals surface area contributed by atoms with Crippen molar-refractivity contribution in [2.24, 2.45) is 5.73 Å². The molecule has 6 N–H and O–H groups in total. The smallest absolute Gasteiger partial charge is 0.248 e. The van der Waals surface area contributed by atoms with Crippen LogP contribution in [0.1, 0.15) is 10.4 Å². The molecule has 86 valence electrons. The zero-order chi connectivity index (χ0) is 12.4. The molecule has 0 bridgehead atoms. The quantitative estimate of drug-likeness (QED) is 0.680. The summed E-state index contributed by atoms with van der Waals surface area (Å²) in [6.45, 7) is 0. The van der Waals surface area contributed by atoms with Crippen LogP contribution >= 0.6 is 0 Å². The van der Waals surface area contributed by atoms with Crippen molar-refractivity contribution in [3.05, 3.63) is 48.0 Å². The normalized spacial score (nSPS) is 10.1. The van der Waals surface area contributed by atoms with Crippen LogP contribution in [-0.4, -0.2) is 5.91 Å². The molecule has 0 aliphatic rings. The third kappa shape index (κ3) is 2.20. The number of carbonyl (C=O) groups excluding carboxylic acids is 1. The Labute approximate surface area is 99.0 Å². The molecule has 0 aromatic heterocycles. The van der Waals surface area contributed by atoms with E-state index in [4.69, 9.17) is 17.2 Å². The zero-order valence-electron chi connectivity index (χ0n) is 9.18. The summed E-state index contributed by atoms with van der Waals surface area (Å²) >= 11 is 0. The summed E-state index contributed by atoms with van der Waals surface area (Å²) in [5.74, 6) is -0.490. The number of benzene rings is 2. The molecule has 0 spiro atoms. The minimum atomic E-state index is -0.490. The van der Waals surface area contributed by atoms with E-state index in [0.29, 0.717) is 16.9 Å². The molecule has 0 aliphatic heterocycles. The first-order valence-electron chi connectivity index (χ1n) is 5.13. The lowest BCUT2D eigenvalue weighted by Crippen LogP contribution is -2.11. The summed E-state index contributed by atoms with van der Waals surface area (Å²) < 4.78 is 0. The molecule has 4 heteroatoms. The van der Waals surface area contributed by atoms with E-state index in [0.717, 1.165) is 11.1 Å². The highest BCUT2D eigenvalue weighted by molar-refractivity contribution is 5.95. The lowest BCUT2D eigenvalue weighted by Gasteiger charge is -2.07. The summed E-state index contributed by atoms with van der Waals surface area (Å²) in [5.41, 5.74) is 20.1. The van der Waals surface area contributed by atoms with Crippen LogP contribution in [0.5, 0.6) is 0 Å². The van der Waals surface area contributed by atoms with Crippen LogP contribution in [0.25, 0.3) is 11.1 Å². The zero-order valence-corrected chi connectivity index (χ0v) is 9.18. The number of primary amides is 1. The first kappa shape index (κ1) is 11.0. The molecule has 4 nitrogen and oxygen atoms in total. The second-order valence-corrected chi connectivity index (χ2v) is 3.79. The first-order valence-corrected chi connectivity index (χ1v) is 5.13. The number of hydrogen-bond donors (Lipinski definition) is 3. The number of hydrogen-bond acceptors (Lipinski definition) is 3. The third-order valence-electron chi connectivity index (χ3n) is 2.53.